The molecular formula is C36H43N7O4. The van der Waals surface area contributed by atoms with Crippen molar-refractivity contribution in [1.29, 1.82) is 0 Å². The number of nitrogens with one attached hydrogen (secondary N) is 2. The van der Waals surface area contributed by atoms with Gasteiger partial charge in [0.2, 0.25) is 17.7 Å². The molecule has 1 aromatic heterocycles. The molecule has 11 nitrogen and oxygen atoms in total. The lowest BCUT2D eigenvalue weighted by Crippen LogP contribution is -2.56. The molecule has 5 atom stereocenters. The van der Waals surface area contributed by atoms with Crippen LogP contribution < -0.4 is 21.5 Å². The van der Waals surface area contributed by atoms with Crippen LogP contribution in [-0.2, 0) is 27.2 Å². The molecule has 0 saturated carbocycles. The second-order valence-electron chi connectivity index (χ2n) is 12.4. The standard InChI is InChI=1S/C36H43N7O4/c37-17-7-6-12-32-36(46)42-28(22-47-29-15-13-25-10-4-5-11-26(25)19-29)14-16-33(42)43(32)35(45)31(18-24-8-2-1-3-9-24)41-34(44)30(38)20-27-21-39-23-40-27/h1-5,8-11,13,15,19,21,23,28,30-33H,6-7,12,14,16-18,20,22,37-38H2,(H,39,40)(H,41,44)/t28-,30+,31+,32+,33?/m1/s1/i/hD. The van der Waals surface area contributed by atoms with Gasteiger partial charge in [0, 0.05) is 24.7 Å². The molecule has 0 bridgehead atoms. The Morgan fingerprint density at radius 3 is 2.62 bits per heavy atom. The number of imidazole rings is 1. The molecule has 2 saturated heterocycles. The third-order valence-corrected chi connectivity index (χ3v) is 9.21. The molecule has 246 valence electrons. The van der Waals surface area contributed by atoms with E-state index in [0.29, 0.717) is 44.5 Å². The Morgan fingerprint density at radius 2 is 1.85 bits per heavy atom. The molecule has 1 unspecified atom stereocenters. The Balaban J connectivity index is 1.23. The van der Waals surface area contributed by atoms with Crippen molar-refractivity contribution in [3.63, 3.8) is 0 Å². The number of hydrogen-bond donors (Lipinski definition) is 4. The first-order valence-electron chi connectivity index (χ1n) is 16.9. The van der Waals surface area contributed by atoms with Gasteiger partial charge in [-0.05, 0) is 67.1 Å². The minimum Gasteiger partial charge on any atom is -0.491 e. The summed E-state index contributed by atoms with van der Waals surface area (Å²) in [7, 11) is 0. The molecule has 0 spiro atoms. The van der Waals surface area contributed by atoms with E-state index in [1.807, 2.05) is 71.6 Å². The number of carbonyl (C=O) groups is 3. The molecule has 3 aromatic carbocycles. The van der Waals surface area contributed by atoms with Crippen LogP contribution in [0.25, 0.3) is 10.8 Å². The van der Waals surface area contributed by atoms with Crippen LogP contribution in [-0.4, -0.2) is 81.0 Å². The number of carbonyl (C=O) groups excluding carboxylic acids is 3. The first-order chi connectivity index (χ1) is 23.5. The smallest absolute Gasteiger partial charge is 0.247 e. The van der Waals surface area contributed by atoms with E-state index in [2.05, 4.69) is 27.1 Å². The Hall–Kier alpha value is -4.74. The first kappa shape index (κ1) is 30.9. The number of ether oxygens (including phenoxy) is 1. The van der Waals surface area contributed by atoms with Crippen molar-refractivity contribution in [3.8, 4) is 5.75 Å². The highest BCUT2D eigenvalue weighted by Gasteiger charge is 2.54. The van der Waals surface area contributed by atoms with Crippen LogP contribution in [0, 0.1) is 0 Å². The molecule has 2 aliphatic rings. The Kier molecular flexibility index (Phi) is 9.72. The summed E-state index contributed by atoms with van der Waals surface area (Å²) in [4.78, 5) is 52.8. The molecule has 6 rings (SSSR count). The lowest BCUT2D eigenvalue weighted by molar-refractivity contribution is -0.141. The van der Waals surface area contributed by atoms with E-state index in [4.69, 9.17) is 11.9 Å². The molecular weight excluding hydrogens is 594 g/mol. The second kappa shape index (κ2) is 14.8. The molecule has 2 aliphatic heterocycles. The number of aromatic nitrogens is 2. The summed E-state index contributed by atoms with van der Waals surface area (Å²) in [6.07, 6.45) is 6.31. The number of amides is 3. The van der Waals surface area contributed by atoms with E-state index < -0.39 is 30.2 Å². The van der Waals surface area contributed by atoms with E-state index in [1.165, 1.54) is 6.33 Å². The predicted octanol–water partition coefficient (Wildman–Crippen LogP) is 2.90. The zero-order chi connectivity index (χ0) is 33.5. The van der Waals surface area contributed by atoms with E-state index >= 15 is 0 Å². The van der Waals surface area contributed by atoms with Crippen LogP contribution in [0.3, 0.4) is 0 Å². The van der Waals surface area contributed by atoms with E-state index in [9.17, 15) is 14.4 Å². The van der Waals surface area contributed by atoms with Crippen molar-refractivity contribution in [1.82, 2.24) is 25.1 Å². The van der Waals surface area contributed by atoms with Gasteiger partial charge in [-0.2, -0.15) is 0 Å². The topological polar surface area (TPSA) is 160 Å². The van der Waals surface area contributed by atoms with Gasteiger partial charge in [0.25, 0.3) is 0 Å². The zero-order valence-corrected chi connectivity index (χ0v) is 26.4. The summed E-state index contributed by atoms with van der Waals surface area (Å²) in [5.41, 5.74) is 9.68. The molecule has 47 heavy (non-hydrogen) atoms. The first-order valence-corrected chi connectivity index (χ1v) is 16.4. The van der Waals surface area contributed by atoms with Crippen molar-refractivity contribution in [2.24, 2.45) is 11.5 Å². The molecule has 3 heterocycles. The van der Waals surface area contributed by atoms with Crippen LogP contribution in [0.2, 0.25) is 1.41 Å². The highest BCUT2D eigenvalue weighted by atomic mass is 16.5. The Labute approximate surface area is 276 Å². The van der Waals surface area contributed by atoms with Crippen LogP contribution in [0.15, 0.2) is 85.3 Å². The summed E-state index contributed by atoms with van der Waals surface area (Å²) >= 11 is 0. The van der Waals surface area contributed by atoms with E-state index in [1.54, 1.807) is 11.1 Å². The Morgan fingerprint density at radius 1 is 1.04 bits per heavy atom. The van der Waals surface area contributed by atoms with Crippen molar-refractivity contribution < 1.29 is 20.5 Å². The molecule has 3 amide bonds. The minimum absolute atomic E-state index is 0.0929. The average Bonchev–Trinajstić information content (AvgIpc) is 3.84. The van der Waals surface area contributed by atoms with Gasteiger partial charge in [-0.25, -0.2) is 4.98 Å². The monoisotopic (exact) mass is 638 g/mol. The largest absolute Gasteiger partial charge is 0.491 e. The normalized spacial score (nSPS) is 20.6. The van der Waals surface area contributed by atoms with Gasteiger partial charge in [0.1, 0.15) is 32.0 Å². The lowest BCUT2D eigenvalue weighted by atomic mass is 10.0. The number of unbranched alkanes of at least 4 members (excludes halogenated alkanes) is 1. The third kappa shape index (κ3) is 7.31. The van der Waals surface area contributed by atoms with Crippen molar-refractivity contribution in [3.05, 3.63) is 96.6 Å². The highest BCUT2D eigenvalue weighted by Crippen LogP contribution is 2.37. The maximum Gasteiger partial charge on any atom is 0.247 e. The van der Waals surface area contributed by atoms with Crippen LogP contribution >= 0.6 is 0 Å². The Bertz CT molecular complexity index is 1690. The maximum atomic E-state index is 14.6. The number of benzene rings is 3. The molecule has 6 N–H and O–H groups in total. The van der Waals surface area contributed by atoms with Crippen LogP contribution in [0.4, 0.5) is 0 Å². The molecule has 0 radical (unpaired) electrons. The van der Waals surface area contributed by atoms with Crippen LogP contribution in [0.5, 0.6) is 5.75 Å². The average molecular weight is 639 g/mol. The SMILES string of the molecule is [2H]N[C@@H](Cc1cnc[nH]1)C(=O)N[C@@H](Cc1ccccc1)C(=O)N1C2CC[C@H](COc3ccc4ccccc4c3)N2C(=O)[C@@H]1CCCCN. The number of nitrogens with two attached hydrogens (primary N) is 2. The van der Waals surface area contributed by atoms with Gasteiger partial charge >= 0.3 is 0 Å². The van der Waals surface area contributed by atoms with Crippen molar-refractivity contribution in [2.75, 3.05) is 13.2 Å². The van der Waals surface area contributed by atoms with Gasteiger partial charge in [-0.1, -0.05) is 60.7 Å². The fourth-order valence-corrected chi connectivity index (χ4v) is 6.83. The quantitative estimate of drug-likeness (QED) is 0.146. The van der Waals surface area contributed by atoms with Gasteiger partial charge in [0.15, 0.2) is 0 Å². The second-order valence-corrected chi connectivity index (χ2v) is 12.4. The molecule has 2 fully saturated rings. The predicted molar refractivity (Wildman–Crippen MR) is 179 cm³/mol. The van der Waals surface area contributed by atoms with Crippen molar-refractivity contribution >= 4 is 28.5 Å². The number of fused-ring (bicyclic) bond motifs is 2. The van der Waals surface area contributed by atoms with E-state index in [-0.39, 0.29) is 30.7 Å². The fourth-order valence-electron chi connectivity index (χ4n) is 6.83. The molecule has 4 aromatic rings. The van der Waals surface area contributed by atoms with Gasteiger partial charge in [-0.15, -0.1) is 0 Å². The number of nitrogens with zero attached hydrogens (tertiary/aromatic N) is 3. The zero-order valence-electron chi connectivity index (χ0n) is 27.4. The number of rotatable bonds is 15. The minimum atomic E-state index is -0.949. The summed E-state index contributed by atoms with van der Waals surface area (Å²) in [6.45, 7) is 0.807. The summed E-state index contributed by atoms with van der Waals surface area (Å²) < 4.78 is 14.1. The van der Waals surface area contributed by atoms with Crippen molar-refractivity contribution in [2.45, 2.75) is 75.3 Å². The number of aromatic amines is 1. The number of hydrogen-bond acceptors (Lipinski definition) is 7. The summed E-state index contributed by atoms with van der Waals surface area (Å²) in [5, 5.41) is 5.14. The lowest BCUT2D eigenvalue weighted by Gasteiger charge is -2.32. The molecule has 0 aliphatic carbocycles. The van der Waals surface area contributed by atoms with Gasteiger partial charge in [-0.3, -0.25) is 14.4 Å². The summed E-state index contributed by atoms with van der Waals surface area (Å²) in [5.74, 6) is -0.157. The number of H-pyrrole nitrogens is 1. The fraction of sp³-hybridized carbons (Fsp3) is 0.389. The maximum absolute atomic E-state index is 14.6. The highest BCUT2D eigenvalue weighted by molar-refractivity contribution is 5.96. The molecule has 11 heteroatoms. The van der Waals surface area contributed by atoms with E-state index in [0.717, 1.165) is 28.5 Å². The summed E-state index contributed by atoms with van der Waals surface area (Å²) in [6, 6.07) is 20.8. The van der Waals surface area contributed by atoms with Gasteiger partial charge in [0.05, 0.1) is 18.4 Å². The van der Waals surface area contributed by atoms with Gasteiger partial charge < -0.3 is 36.3 Å². The third-order valence-electron chi connectivity index (χ3n) is 9.21. The van der Waals surface area contributed by atoms with Crippen LogP contribution in [0.1, 0.15) is 43.4 Å².